The summed E-state index contributed by atoms with van der Waals surface area (Å²) in [5.41, 5.74) is 1.24. The predicted octanol–water partition coefficient (Wildman–Crippen LogP) is 3.62. The molecule has 1 N–H and O–H groups in total. The van der Waals surface area contributed by atoms with Gasteiger partial charge in [-0.15, -0.1) is 0 Å². The van der Waals surface area contributed by atoms with Gasteiger partial charge in [0.1, 0.15) is 5.82 Å². The SMILES string of the molecule is C=C1CC[C@H](CO)CC1COc1c(F)ccc(F)c1C. The van der Waals surface area contributed by atoms with Gasteiger partial charge in [-0.1, -0.05) is 12.2 Å². The first-order valence-corrected chi connectivity index (χ1v) is 6.88. The van der Waals surface area contributed by atoms with E-state index in [2.05, 4.69) is 6.58 Å². The molecular formula is C16H20F2O2. The Labute approximate surface area is 118 Å². The third-order valence-electron chi connectivity index (χ3n) is 4.05. The largest absolute Gasteiger partial charge is 0.490 e. The second-order valence-corrected chi connectivity index (χ2v) is 5.47. The van der Waals surface area contributed by atoms with Gasteiger partial charge in [0.2, 0.25) is 0 Å². The summed E-state index contributed by atoms with van der Waals surface area (Å²) < 4.78 is 32.6. The van der Waals surface area contributed by atoms with Crippen LogP contribution in [0.25, 0.3) is 0 Å². The van der Waals surface area contributed by atoms with Gasteiger partial charge in [0.25, 0.3) is 0 Å². The van der Waals surface area contributed by atoms with E-state index in [0.29, 0.717) is 0 Å². The summed E-state index contributed by atoms with van der Waals surface area (Å²) in [6.07, 6.45) is 2.56. The van der Waals surface area contributed by atoms with Gasteiger partial charge in [0, 0.05) is 18.1 Å². The highest BCUT2D eigenvalue weighted by atomic mass is 19.1. The molecule has 20 heavy (non-hydrogen) atoms. The molecule has 1 aromatic rings. The fourth-order valence-electron chi connectivity index (χ4n) is 2.63. The van der Waals surface area contributed by atoms with E-state index in [-0.39, 0.29) is 36.4 Å². The van der Waals surface area contributed by atoms with Crippen LogP contribution in [0, 0.1) is 30.4 Å². The highest BCUT2D eigenvalue weighted by molar-refractivity contribution is 5.35. The minimum Gasteiger partial charge on any atom is -0.490 e. The van der Waals surface area contributed by atoms with Gasteiger partial charge in [0.05, 0.1) is 6.61 Å². The van der Waals surface area contributed by atoms with Crippen molar-refractivity contribution in [2.45, 2.75) is 26.2 Å². The molecule has 1 fully saturated rings. The van der Waals surface area contributed by atoms with E-state index >= 15 is 0 Å². The van der Waals surface area contributed by atoms with Crippen LogP contribution in [0.1, 0.15) is 24.8 Å². The topological polar surface area (TPSA) is 29.5 Å². The number of aliphatic hydroxyl groups is 1. The van der Waals surface area contributed by atoms with E-state index < -0.39 is 11.6 Å². The maximum atomic E-state index is 13.7. The van der Waals surface area contributed by atoms with Crippen molar-refractivity contribution in [1.29, 1.82) is 0 Å². The summed E-state index contributed by atoms with van der Waals surface area (Å²) in [6.45, 7) is 5.93. The Kier molecular flexibility index (Phi) is 4.76. The van der Waals surface area contributed by atoms with Gasteiger partial charge in [-0.3, -0.25) is 0 Å². The average molecular weight is 282 g/mol. The summed E-state index contributed by atoms with van der Waals surface area (Å²) in [6, 6.07) is 2.17. The Morgan fingerprint density at radius 3 is 2.75 bits per heavy atom. The van der Waals surface area contributed by atoms with Crippen LogP contribution in [0.5, 0.6) is 5.75 Å². The monoisotopic (exact) mass is 282 g/mol. The van der Waals surface area contributed by atoms with E-state index in [9.17, 15) is 13.9 Å². The first-order valence-electron chi connectivity index (χ1n) is 6.88. The average Bonchev–Trinajstić information content (AvgIpc) is 2.45. The second kappa shape index (κ2) is 6.35. The number of ether oxygens (including phenoxy) is 1. The highest BCUT2D eigenvalue weighted by Crippen LogP contribution is 2.33. The second-order valence-electron chi connectivity index (χ2n) is 5.47. The number of halogens is 2. The molecule has 1 aliphatic carbocycles. The van der Waals surface area contributed by atoms with E-state index in [4.69, 9.17) is 4.74 Å². The lowest BCUT2D eigenvalue weighted by Gasteiger charge is -2.30. The van der Waals surface area contributed by atoms with Gasteiger partial charge in [-0.25, -0.2) is 8.78 Å². The minimum atomic E-state index is -0.552. The summed E-state index contributed by atoms with van der Waals surface area (Å²) in [5, 5.41) is 9.22. The molecule has 0 aliphatic heterocycles. The molecule has 1 unspecified atom stereocenters. The number of hydrogen-bond acceptors (Lipinski definition) is 2. The van der Waals surface area contributed by atoms with Crippen LogP contribution in [0.15, 0.2) is 24.3 Å². The van der Waals surface area contributed by atoms with E-state index in [0.717, 1.165) is 37.0 Å². The minimum absolute atomic E-state index is 0.0241. The molecule has 110 valence electrons. The number of aliphatic hydroxyl groups excluding tert-OH is 1. The molecule has 2 atom stereocenters. The molecule has 0 aromatic heterocycles. The molecule has 1 aliphatic rings. The first-order chi connectivity index (χ1) is 9.52. The van der Waals surface area contributed by atoms with Gasteiger partial charge < -0.3 is 9.84 Å². The van der Waals surface area contributed by atoms with E-state index in [1.807, 2.05) is 0 Å². The Hall–Kier alpha value is -1.42. The van der Waals surface area contributed by atoms with Crippen LogP contribution in [-0.2, 0) is 0 Å². The van der Waals surface area contributed by atoms with Crippen LogP contribution in [0.4, 0.5) is 8.78 Å². The van der Waals surface area contributed by atoms with Crippen molar-refractivity contribution in [3.8, 4) is 5.75 Å². The molecule has 0 bridgehead atoms. The Morgan fingerprint density at radius 1 is 1.35 bits per heavy atom. The Morgan fingerprint density at radius 2 is 2.05 bits per heavy atom. The van der Waals surface area contributed by atoms with Gasteiger partial charge in [0.15, 0.2) is 11.6 Å². The third kappa shape index (κ3) is 3.18. The highest BCUT2D eigenvalue weighted by Gasteiger charge is 2.25. The smallest absolute Gasteiger partial charge is 0.165 e. The Balaban J connectivity index is 2.04. The summed E-state index contributed by atoms with van der Waals surface area (Å²) in [5.74, 6) is -0.722. The van der Waals surface area contributed by atoms with Crippen LogP contribution >= 0.6 is 0 Å². The normalized spacial score (nSPS) is 22.9. The van der Waals surface area contributed by atoms with Crippen molar-refractivity contribution in [2.75, 3.05) is 13.2 Å². The van der Waals surface area contributed by atoms with Crippen molar-refractivity contribution in [3.63, 3.8) is 0 Å². The molecule has 0 radical (unpaired) electrons. The van der Waals surface area contributed by atoms with Crippen LogP contribution in [-0.4, -0.2) is 18.3 Å². The van der Waals surface area contributed by atoms with Gasteiger partial charge >= 0.3 is 0 Å². The summed E-state index contributed by atoms with van der Waals surface area (Å²) >= 11 is 0. The number of rotatable bonds is 4. The van der Waals surface area contributed by atoms with Crippen molar-refractivity contribution in [1.82, 2.24) is 0 Å². The fourth-order valence-corrected chi connectivity index (χ4v) is 2.63. The number of benzene rings is 1. The Bertz CT molecular complexity index is 499. The predicted molar refractivity (Wildman–Crippen MR) is 73.6 cm³/mol. The van der Waals surface area contributed by atoms with Gasteiger partial charge in [-0.05, 0) is 44.2 Å². The zero-order valence-corrected chi connectivity index (χ0v) is 11.7. The number of hydrogen-bond donors (Lipinski definition) is 1. The lowest BCUT2D eigenvalue weighted by Crippen LogP contribution is -2.25. The van der Waals surface area contributed by atoms with Crippen LogP contribution in [0.2, 0.25) is 0 Å². The molecule has 2 nitrogen and oxygen atoms in total. The van der Waals surface area contributed by atoms with Crippen molar-refractivity contribution < 1.29 is 18.6 Å². The maximum Gasteiger partial charge on any atom is 0.165 e. The lowest BCUT2D eigenvalue weighted by atomic mass is 9.79. The first kappa shape index (κ1) is 15.0. The molecule has 2 rings (SSSR count). The van der Waals surface area contributed by atoms with E-state index in [1.165, 1.54) is 6.92 Å². The van der Waals surface area contributed by atoms with Crippen LogP contribution in [0.3, 0.4) is 0 Å². The molecule has 0 heterocycles. The molecular weight excluding hydrogens is 262 g/mol. The zero-order chi connectivity index (χ0) is 14.7. The summed E-state index contributed by atoms with van der Waals surface area (Å²) in [7, 11) is 0. The van der Waals surface area contributed by atoms with E-state index in [1.54, 1.807) is 0 Å². The molecule has 4 heteroatoms. The fraction of sp³-hybridized carbons (Fsp3) is 0.500. The summed E-state index contributed by atoms with van der Waals surface area (Å²) in [4.78, 5) is 0. The zero-order valence-electron chi connectivity index (χ0n) is 11.7. The molecule has 1 saturated carbocycles. The standard InChI is InChI=1S/C16H20F2O2/c1-10-3-4-12(8-19)7-13(10)9-20-16-11(2)14(17)5-6-15(16)18/h5-6,12-13,19H,1,3-4,7-9H2,2H3/t12-,13?/m0/s1. The van der Waals surface area contributed by atoms with Crippen molar-refractivity contribution in [2.24, 2.45) is 11.8 Å². The lowest BCUT2D eigenvalue weighted by molar-refractivity contribution is 0.155. The van der Waals surface area contributed by atoms with Crippen LogP contribution < -0.4 is 4.74 Å². The molecule has 1 aromatic carbocycles. The molecule has 0 spiro atoms. The van der Waals surface area contributed by atoms with Crippen molar-refractivity contribution >= 4 is 0 Å². The quantitative estimate of drug-likeness (QED) is 0.855. The molecule has 0 amide bonds. The van der Waals surface area contributed by atoms with Gasteiger partial charge in [-0.2, -0.15) is 0 Å². The third-order valence-corrected chi connectivity index (χ3v) is 4.05. The maximum absolute atomic E-state index is 13.7. The molecule has 0 saturated heterocycles. The van der Waals surface area contributed by atoms with Crippen molar-refractivity contribution in [3.05, 3.63) is 41.5 Å².